The highest BCUT2D eigenvalue weighted by molar-refractivity contribution is 7.90. The lowest BCUT2D eigenvalue weighted by Gasteiger charge is -2.13. The average molecular weight is 534 g/mol. The minimum absolute atomic E-state index is 0.00666. The van der Waals surface area contributed by atoms with Crippen molar-refractivity contribution in [1.82, 2.24) is 14.5 Å². The summed E-state index contributed by atoms with van der Waals surface area (Å²) in [6, 6.07) is 20.4. The Morgan fingerprint density at radius 1 is 0.895 bits per heavy atom. The molecule has 0 radical (unpaired) electrons. The molecule has 0 aliphatic carbocycles. The van der Waals surface area contributed by atoms with Crippen molar-refractivity contribution in [3.8, 4) is 33.7 Å². The van der Waals surface area contributed by atoms with Crippen LogP contribution in [0, 0.1) is 20.8 Å². The molecular formula is C29H31N3O5S. The third kappa shape index (κ3) is 5.57. The minimum atomic E-state index is -4.14. The Labute approximate surface area is 223 Å². The number of aryl methyl sites for hydroxylation is 2. The predicted molar refractivity (Wildman–Crippen MR) is 147 cm³/mol. The number of amides is 1. The summed E-state index contributed by atoms with van der Waals surface area (Å²) in [5, 5.41) is 4.77. The maximum Gasteiger partial charge on any atom is 0.421 e. The number of hydrogen-bond donors (Lipinski definition) is 1. The zero-order chi connectivity index (χ0) is 27.4. The number of hydrogen-bond acceptors (Lipinski definition) is 6. The summed E-state index contributed by atoms with van der Waals surface area (Å²) in [7, 11) is -4.14. The van der Waals surface area contributed by atoms with Gasteiger partial charge in [0.15, 0.2) is 0 Å². The first-order chi connectivity index (χ1) is 18.1. The van der Waals surface area contributed by atoms with Gasteiger partial charge < -0.3 is 9.47 Å². The van der Waals surface area contributed by atoms with Crippen LogP contribution in [0.15, 0.2) is 71.6 Å². The second kappa shape index (κ2) is 11.1. The largest absolute Gasteiger partial charge is 0.494 e. The van der Waals surface area contributed by atoms with Gasteiger partial charge in [0.1, 0.15) is 5.75 Å². The smallest absolute Gasteiger partial charge is 0.421 e. The van der Waals surface area contributed by atoms with E-state index in [4.69, 9.17) is 14.6 Å². The number of rotatable bonds is 8. The second-order valence-corrected chi connectivity index (χ2v) is 10.4. The number of carbonyl (C=O) groups is 1. The van der Waals surface area contributed by atoms with Crippen LogP contribution < -0.4 is 9.46 Å². The highest BCUT2D eigenvalue weighted by Gasteiger charge is 2.23. The van der Waals surface area contributed by atoms with Crippen molar-refractivity contribution < 1.29 is 22.7 Å². The fourth-order valence-corrected chi connectivity index (χ4v) is 5.51. The highest BCUT2D eigenvalue weighted by atomic mass is 32.2. The number of benzene rings is 3. The van der Waals surface area contributed by atoms with Gasteiger partial charge in [0.05, 0.1) is 29.5 Å². The summed E-state index contributed by atoms with van der Waals surface area (Å²) >= 11 is 0. The summed E-state index contributed by atoms with van der Waals surface area (Å²) in [5.74, 6) is 0.824. The highest BCUT2D eigenvalue weighted by Crippen LogP contribution is 2.32. The Kier molecular flexibility index (Phi) is 7.87. The van der Waals surface area contributed by atoms with Gasteiger partial charge >= 0.3 is 6.09 Å². The van der Waals surface area contributed by atoms with Gasteiger partial charge in [-0.05, 0) is 76.1 Å². The summed E-state index contributed by atoms with van der Waals surface area (Å²) in [6.45, 7) is 10.1. The maximum atomic E-state index is 13.0. The normalized spacial score (nSPS) is 11.3. The first-order valence-electron chi connectivity index (χ1n) is 12.3. The molecule has 4 rings (SSSR count). The zero-order valence-corrected chi connectivity index (χ0v) is 22.9. The first-order valence-corrected chi connectivity index (χ1v) is 13.8. The van der Waals surface area contributed by atoms with Crippen molar-refractivity contribution in [2.24, 2.45) is 0 Å². The zero-order valence-electron chi connectivity index (χ0n) is 22.1. The molecule has 1 aromatic heterocycles. The number of nitrogens with one attached hydrogen (secondary N) is 1. The average Bonchev–Trinajstić information content (AvgIpc) is 3.18. The standard InChI is InChI=1S/C29H31N3O5S/c1-6-36-25-15-11-23(12-16-25)28-20(4)30-32(21(28)5)24-13-9-22(10-14-24)26-18-19(3)8-17-27(26)38(34,35)31-29(33)37-7-2/h8-18H,6-7H2,1-5H3,(H,31,33). The molecule has 8 nitrogen and oxygen atoms in total. The Bertz CT molecular complexity index is 1560. The van der Waals surface area contributed by atoms with E-state index in [0.717, 1.165) is 39.5 Å². The monoisotopic (exact) mass is 533 g/mol. The summed E-state index contributed by atoms with van der Waals surface area (Å²) < 4.78 is 40.1. The molecule has 198 valence electrons. The van der Waals surface area contributed by atoms with Crippen LogP contribution in [0.5, 0.6) is 5.75 Å². The Morgan fingerprint density at radius 3 is 2.18 bits per heavy atom. The van der Waals surface area contributed by atoms with Gasteiger partial charge in [-0.15, -0.1) is 0 Å². The van der Waals surface area contributed by atoms with E-state index in [-0.39, 0.29) is 11.5 Å². The van der Waals surface area contributed by atoms with Crippen molar-refractivity contribution in [2.45, 2.75) is 39.5 Å². The molecule has 1 N–H and O–H groups in total. The maximum absolute atomic E-state index is 13.0. The summed E-state index contributed by atoms with van der Waals surface area (Å²) in [4.78, 5) is 11.8. The number of aromatic nitrogens is 2. The SMILES string of the molecule is CCOC(=O)NS(=O)(=O)c1ccc(C)cc1-c1ccc(-n2nc(C)c(-c3ccc(OCC)cc3)c2C)cc1. The molecule has 0 saturated heterocycles. The van der Waals surface area contributed by atoms with Crippen LogP contribution in [0.25, 0.3) is 27.9 Å². The van der Waals surface area contributed by atoms with E-state index < -0.39 is 16.1 Å². The Balaban J connectivity index is 1.68. The van der Waals surface area contributed by atoms with Crippen LogP contribution in [0.2, 0.25) is 0 Å². The number of ether oxygens (including phenoxy) is 2. The van der Waals surface area contributed by atoms with E-state index in [2.05, 4.69) is 0 Å². The van der Waals surface area contributed by atoms with E-state index in [1.807, 2.05) is 85.6 Å². The molecule has 0 aliphatic heterocycles. The van der Waals surface area contributed by atoms with Gasteiger partial charge in [0.25, 0.3) is 10.0 Å². The van der Waals surface area contributed by atoms with Crippen LogP contribution in [0.4, 0.5) is 4.79 Å². The predicted octanol–water partition coefficient (Wildman–Crippen LogP) is 5.97. The lowest BCUT2D eigenvalue weighted by Crippen LogP contribution is -2.31. The molecule has 0 fully saturated rings. The van der Waals surface area contributed by atoms with Gasteiger partial charge in [0.2, 0.25) is 0 Å². The molecule has 0 bridgehead atoms. The second-order valence-electron chi connectivity index (χ2n) is 8.79. The van der Waals surface area contributed by atoms with E-state index in [0.29, 0.717) is 17.7 Å². The third-order valence-electron chi connectivity index (χ3n) is 6.09. The van der Waals surface area contributed by atoms with E-state index in [1.54, 1.807) is 19.1 Å². The quantitative estimate of drug-likeness (QED) is 0.300. The molecule has 9 heteroatoms. The van der Waals surface area contributed by atoms with Gasteiger partial charge in [-0.3, -0.25) is 0 Å². The fourth-order valence-electron chi connectivity index (χ4n) is 4.41. The number of sulfonamides is 1. The molecule has 38 heavy (non-hydrogen) atoms. The summed E-state index contributed by atoms with van der Waals surface area (Å²) in [6.07, 6.45) is -1.01. The molecule has 1 heterocycles. The van der Waals surface area contributed by atoms with Gasteiger partial charge in [-0.1, -0.05) is 42.0 Å². The van der Waals surface area contributed by atoms with Gasteiger partial charge in [0, 0.05) is 16.8 Å². The molecule has 4 aromatic rings. The van der Waals surface area contributed by atoms with E-state index in [9.17, 15) is 13.2 Å². The van der Waals surface area contributed by atoms with Gasteiger partial charge in [-0.2, -0.15) is 5.10 Å². The molecule has 3 aromatic carbocycles. The molecule has 0 unspecified atom stereocenters. The Morgan fingerprint density at radius 2 is 1.55 bits per heavy atom. The summed E-state index contributed by atoms with van der Waals surface area (Å²) in [5.41, 5.74) is 6.88. The molecule has 0 atom stereocenters. The number of nitrogens with zero attached hydrogens (tertiary/aromatic N) is 2. The van der Waals surface area contributed by atoms with Crippen LogP contribution in [0.1, 0.15) is 30.8 Å². The lowest BCUT2D eigenvalue weighted by atomic mass is 10.0. The molecule has 0 saturated carbocycles. The van der Waals surface area contributed by atoms with Crippen molar-refractivity contribution >= 4 is 16.1 Å². The third-order valence-corrected chi connectivity index (χ3v) is 7.46. The molecule has 1 amide bonds. The topological polar surface area (TPSA) is 99.5 Å². The molecule has 0 aliphatic rings. The van der Waals surface area contributed by atoms with Crippen LogP contribution >= 0.6 is 0 Å². The van der Waals surface area contributed by atoms with Crippen molar-refractivity contribution in [2.75, 3.05) is 13.2 Å². The minimum Gasteiger partial charge on any atom is -0.494 e. The van der Waals surface area contributed by atoms with Crippen LogP contribution in [-0.4, -0.2) is 37.5 Å². The van der Waals surface area contributed by atoms with Crippen molar-refractivity contribution in [3.63, 3.8) is 0 Å². The van der Waals surface area contributed by atoms with Gasteiger partial charge in [-0.25, -0.2) is 22.6 Å². The van der Waals surface area contributed by atoms with Crippen LogP contribution in [0.3, 0.4) is 0 Å². The van der Waals surface area contributed by atoms with Crippen molar-refractivity contribution in [1.29, 1.82) is 0 Å². The molecular weight excluding hydrogens is 502 g/mol. The first kappa shape index (κ1) is 26.9. The Hall–Kier alpha value is -4.11. The van der Waals surface area contributed by atoms with Crippen LogP contribution in [-0.2, 0) is 14.8 Å². The number of carbonyl (C=O) groups excluding carboxylic acids is 1. The van der Waals surface area contributed by atoms with E-state index >= 15 is 0 Å². The molecule has 0 spiro atoms. The fraction of sp³-hybridized carbons (Fsp3) is 0.241. The van der Waals surface area contributed by atoms with E-state index in [1.165, 1.54) is 6.07 Å². The van der Waals surface area contributed by atoms with Crippen molar-refractivity contribution in [3.05, 3.63) is 83.7 Å². The lowest BCUT2D eigenvalue weighted by molar-refractivity contribution is 0.158.